The summed E-state index contributed by atoms with van der Waals surface area (Å²) in [5, 5.41) is 3.21. The van der Waals surface area contributed by atoms with Crippen molar-refractivity contribution in [3.05, 3.63) is 18.1 Å². The van der Waals surface area contributed by atoms with E-state index in [-0.39, 0.29) is 0 Å². The van der Waals surface area contributed by atoms with Crippen LogP contribution in [0.25, 0.3) is 0 Å². The molecule has 0 unspecified atom stereocenters. The van der Waals surface area contributed by atoms with Crippen LogP contribution in [0.1, 0.15) is 18.5 Å². The van der Waals surface area contributed by atoms with Gasteiger partial charge >= 0.3 is 0 Å². The predicted octanol–water partition coefficient (Wildman–Crippen LogP) is 1.62. The molecule has 1 fully saturated rings. The van der Waals surface area contributed by atoms with E-state index in [1.165, 1.54) is 12.8 Å². The van der Waals surface area contributed by atoms with Gasteiger partial charge in [0.05, 0.1) is 12.3 Å². The van der Waals surface area contributed by atoms with Crippen LogP contribution in [0.5, 0.6) is 0 Å². The molecule has 1 aliphatic rings. The Balaban J connectivity index is 1.62. The molecule has 0 atom stereocenters. The number of aromatic nitrogens is 2. The van der Waals surface area contributed by atoms with Crippen LogP contribution in [0.2, 0.25) is 0 Å². The number of nitrogens with zero attached hydrogens (tertiary/aromatic N) is 2. The van der Waals surface area contributed by atoms with Gasteiger partial charge in [0.25, 0.3) is 0 Å². The summed E-state index contributed by atoms with van der Waals surface area (Å²) in [7, 11) is 0. The van der Waals surface area contributed by atoms with Gasteiger partial charge in [-0.2, -0.15) is 0 Å². The van der Waals surface area contributed by atoms with Crippen LogP contribution in [0, 0.1) is 12.8 Å². The van der Waals surface area contributed by atoms with Gasteiger partial charge in [-0.3, -0.25) is 4.98 Å². The summed E-state index contributed by atoms with van der Waals surface area (Å²) in [6.07, 6.45) is 6.08. The zero-order valence-corrected chi connectivity index (χ0v) is 9.07. The number of ether oxygens (including phenoxy) is 1. The fourth-order valence-corrected chi connectivity index (χ4v) is 1.36. The van der Waals surface area contributed by atoms with Crippen LogP contribution in [0.15, 0.2) is 12.4 Å². The Morgan fingerprint density at radius 1 is 1.40 bits per heavy atom. The fraction of sp³-hybridized carbons (Fsp3) is 0.636. The van der Waals surface area contributed by atoms with Gasteiger partial charge in [-0.05, 0) is 25.7 Å². The topological polar surface area (TPSA) is 47.0 Å². The molecule has 0 saturated heterocycles. The number of aryl methyl sites for hydroxylation is 1. The van der Waals surface area contributed by atoms with E-state index >= 15 is 0 Å². The fourth-order valence-electron chi connectivity index (χ4n) is 1.36. The van der Waals surface area contributed by atoms with E-state index in [1.807, 2.05) is 6.92 Å². The zero-order valence-electron chi connectivity index (χ0n) is 9.07. The zero-order chi connectivity index (χ0) is 10.5. The minimum atomic E-state index is 0.743. The summed E-state index contributed by atoms with van der Waals surface area (Å²) in [5.41, 5.74) is 0.930. The summed E-state index contributed by atoms with van der Waals surface area (Å²) in [6, 6.07) is 0. The predicted molar refractivity (Wildman–Crippen MR) is 58.8 cm³/mol. The molecule has 2 rings (SSSR count). The van der Waals surface area contributed by atoms with Gasteiger partial charge < -0.3 is 10.1 Å². The van der Waals surface area contributed by atoms with Gasteiger partial charge in [-0.25, -0.2) is 4.98 Å². The Bertz CT molecular complexity index is 312. The molecule has 0 aromatic carbocycles. The maximum atomic E-state index is 5.51. The Morgan fingerprint density at radius 3 is 2.93 bits per heavy atom. The van der Waals surface area contributed by atoms with Crippen molar-refractivity contribution < 1.29 is 4.74 Å². The number of hydrogen-bond acceptors (Lipinski definition) is 4. The molecular weight excluding hydrogens is 190 g/mol. The molecule has 1 saturated carbocycles. The van der Waals surface area contributed by atoms with Gasteiger partial charge in [0.1, 0.15) is 5.82 Å². The maximum Gasteiger partial charge on any atom is 0.147 e. The first-order valence-electron chi connectivity index (χ1n) is 5.45. The lowest BCUT2D eigenvalue weighted by Crippen LogP contribution is -2.12. The van der Waals surface area contributed by atoms with E-state index in [4.69, 9.17) is 4.74 Å². The molecule has 15 heavy (non-hydrogen) atoms. The van der Waals surface area contributed by atoms with Crippen LogP contribution in [0.4, 0.5) is 5.82 Å². The molecule has 1 aliphatic carbocycles. The highest BCUT2D eigenvalue weighted by atomic mass is 16.5. The standard InChI is InChI=1S/C11H17N3O/c1-9-11(13-5-4-12-9)14-6-7-15-8-10-2-3-10/h4-5,10H,2-3,6-8H2,1H3,(H,13,14). The molecule has 4 nitrogen and oxygen atoms in total. The number of anilines is 1. The molecule has 4 heteroatoms. The van der Waals surface area contributed by atoms with E-state index in [2.05, 4.69) is 15.3 Å². The van der Waals surface area contributed by atoms with Crippen LogP contribution >= 0.6 is 0 Å². The van der Waals surface area contributed by atoms with Gasteiger partial charge in [-0.15, -0.1) is 0 Å². The van der Waals surface area contributed by atoms with Crippen molar-refractivity contribution in [1.82, 2.24) is 9.97 Å². The minimum Gasteiger partial charge on any atom is -0.379 e. The van der Waals surface area contributed by atoms with Crippen molar-refractivity contribution in [2.45, 2.75) is 19.8 Å². The molecule has 82 valence electrons. The molecule has 1 N–H and O–H groups in total. The van der Waals surface area contributed by atoms with E-state index in [0.717, 1.165) is 37.2 Å². The molecule has 0 bridgehead atoms. The normalized spacial score (nSPS) is 15.3. The Labute approximate surface area is 90.1 Å². The second-order valence-corrected chi connectivity index (χ2v) is 3.94. The third-order valence-corrected chi connectivity index (χ3v) is 2.47. The van der Waals surface area contributed by atoms with Gasteiger partial charge in [0, 0.05) is 25.5 Å². The molecule has 0 amide bonds. The highest BCUT2D eigenvalue weighted by Gasteiger charge is 2.20. The summed E-state index contributed by atoms with van der Waals surface area (Å²) >= 11 is 0. The van der Waals surface area contributed by atoms with Gasteiger partial charge in [0.2, 0.25) is 0 Å². The maximum absolute atomic E-state index is 5.51. The molecule has 1 heterocycles. The van der Waals surface area contributed by atoms with Crippen molar-refractivity contribution in [1.29, 1.82) is 0 Å². The average molecular weight is 207 g/mol. The summed E-state index contributed by atoms with van der Waals surface area (Å²) in [6.45, 7) is 4.40. The lowest BCUT2D eigenvalue weighted by molar-refractivity contribution is 0.134. The van der Waals surface area contributed by atoms with Crippen molar-refractivity contribution in [2.24, 2.45) is 5.92 Å². The molecule has 0 radical (unpaired) electrons. The number of rotatable bonds is 6. The van der Waals surface area contributed by atoms with Crippen molar-refractivity contribution in [2.75, 3.05) is 25.1 Å². The third-order valence-electron chi connectivity index (χ3n) is 2.47. The van der Waals surface area contributed by atoms with Crippen molar-refractivity contribution >= 4 is 5.82 Å². The Morgan fingerprint density at radius 2 is 2.20 bits per heavy atom. The quantitative estimate of drug-likeness (QED) is 0.720. The summed E-state index contributed by atoms with van der Waals surface area (Å²) in [5.74, 6) is 1.69. The molecule has 0 aliphatic heterocycles. The average Bonchev–Trinajstić information content (AvgIpc) is 3.04. The van der Waals surface area contributed by atoms with E-state index in [0.29, 0.717) is 0 Å². The lowest BCUT2D eigenvalue weighted by Gasteiger charge is -2.07. The first-order chi connectivity index (χ1) is 7.36. The first kappa shape index (κ1) is 10.4. The highest BCUT2D eigenvalue weighted by Crippen LogP contribution is 2.28. The van der Waals surface area contributed by atoms with E-state index in [1.54, 1.807) is 12.4 Å². The van der Waals surface area contributed by atoms with Crippen LogP contribution < -0.4 is 5.32 Å². The summed E-state index contributed by atoms with van der Waals surface area (Å²) < 4.78 is 5.51. The Hall–Kier alpha value is -1.16. The second kappa shape index (κ2) is 5.07. The lowest BCUT2D eigenvalue weighted by atomic mass is 10.4. The van der Waals surface area contributed by atoms with Crippen LogP contribution in [0.3, 0.4) is 0 Å². The molecule has 1 aromatic heterocycles. The second-order valence-electron chi connectivity index (χ2n) is 3.94. The number of nitrogens with one attached hydrogen (secondary N) is 1. The van der Waals surface area contributed by atoms with Crippen molar-refractivity contribution in [3.8, 4) is 0 Å². The van der Waals surface area contributed by atoms with Gasteiger partial charge in [0.15, 0.2) is 0 Å². The molecule has 0 spiro atoms. The number of hydrogen-bond donors (Lipinski definition) is 1. The largest absolute Gasteiger partial charge is 0.379 e. The SMILES string of the molecule is Cc1nccnc1NCCOCC1CC1. The third kappa shape index (κ3) is 3.47. The Kier molecular flexibility index (Phi) is 3.50. The first-order valence-corrected chi connectivity index (χ1v) is 5.45. The highest BCUT2D eigenvalue weighted by molar-refractivity contribution is 5.37. The van der Waals surface area contributed by atoms with Crippen LogP contribution in [-0.2, 0) is 4.74 Å². The molecule has 1 aromatic rings. The van der Waals surface area contributed by atoms with E-state index < -0.39 is 0 Å². The molecular formula is C11H17N3O. The van der Waals surface area contributed by atoms with E-state index in [9.17, 15) is 0 Å². The minimum absolute atomic E-state index is 0.743. The van der Waals surface area contributed by atoms with Crippen molar-refractivity contribution in [3.63, 3.8) is 0 Å². The monoisotopic (exact) mass is 207 g/mol. The smallest absolute Gasteiger partial charge is 0.147 e. The van der Waals surface area contributed by atoms with Crippen LogP contribution in [-0.4, -0.2) is 29.7 Å². The summed E-state index contributed by atoms with van der Waals surface area (Å²) in [4.78, 5) is 8.34. The van der Waals surface area contributed by atoms with Gasteiger partial charge in [-0.1, -0.05) is 0 Å².